The molecule has 0 amide bonds. The van der Waals surface area contributed by atoms with Crippen LogP contribution in [0.5, 0.6) is 5.75 Å². The third kappa shape index (κ3) is 5.37. The van der Waals surface area contributed by atoms with E-state index in [4.69, 9.17) is 20.4 Å². The van der Waals surface area contributed by atoms with Crippen molar-refractivity contribution in [3.8, 4) is 5.75 Å². The Morgan fingerprint density at radius 3 is 2.17 bits per heavy atom. The van der Waals surface area contributed by atoms with Crippen LogP contribution in [0.2, 0.25) is 0 Å². The summed E-state index contributed by atoms with van der Waals surface area (Å²) in [4.78, 5) is 24.2. The molecule has 2 aromatic rings. The standard InChI is InChI=1S/C20H20F3N4O2.C2HF3O2/c1-29-15-5-2-13(3-6-15)18-19-16-7-4-14(20(21,22)23)12-17(16)27(28)26(19)11-10-25(18)9-8-24;3-2(4,5)1(6)7/h2-7,12H,8-11,24H2,1H3;(H,6,7)/q+1;/p-1. The predicted molar refractivity (Wildman–Crippen MR) is 113 cm³/mol. The number of hydrogen-bond acceptors (Lipinski definition) is 6. The lowest BCUT2D eigenvalue weighted by atomic mass is 10.00. The largest absolute Gasteiger partial charge is 0.542 e. The molecule has 0 unspecified atom stereocenters. The van der Waals surface area contributed by atoms with E-state index in [0.29, 0.717) is 48.1 Å². The lowest BCUT2D eigenvalue weighted by Gasteiger charge is -2.33. The highest BCUT2D eigenvalue weighted by Gasteiger charge is 2.47. The minimum atomic E-state index is -5.19. The Bertz CT molecular complexity index is 1180. The number of alkyl halides is 6. The Morgan fingerprint density at radius 2 is 1.67 bits per heavy atom. The fraction of sp³-hybridized carbons (Fsp3) is 0.318. The van der Waals surface area contributed by atoms with Crippen molar-refractivity contribution >= 4 is 23.1 Å². The summed E-state index contributed by atoms with van der Waals surface area (Å²) in [7, 11) is 1.57. The number of aliphatic carboxylic acids is 1. The predicted octanol–water partition coefficient (Wildman–Crippen LogP) is 2.75. The Balaban J connectivity index is 0.000000454. The third-order valence-corrected chi connectivity index (χ3v) is 5.38. The zero-order valence-corrected chi connectivity index (χ0v) is 18.7. The van der Waals surface area contributed by atoms with Crippen molar-refractivity contribution in [3.05, 3.63) is 64.1 Å². The molecule has 4 rings (SSSR count). The monoisotopic (exact) mass is 518 g/mol. The molecule has 2 aliphatic rings. The molecule has 2 aliphatic heterocycles. The summed E-state index contributed by atoms with van der Waals surface area (Å²) in [5.41, 5.74) is 7.59. The first-order valence-corrected chi connectivity index (χ1v) is 10.4. The Labute approximate surface area is 200 Å². The molecule has 0 radical (unpaired) electrons. The molecule has 0 aromatic heterocycles. The van der Waals surface area contributed by atoms with Crippen molar-refractivity contribution < 1.29 is 45.8 Å². The van der Waals surface area contributed by atoms with Crippen molar-refractivity contribution in [1.29, 1.82) is 0 Å². The molecule has 0 bridgehead atoms. The summed E-state index contributed by atoms with van der Waals surface area (Å²) in [6, 6.07) is 10.6. The molecule has 0 saturated heterocycles. The van der Waals surface area contributed by atoms with Gasteiger partial charge in [0.1, 0.15) is 24.0 Å². The molecular formula is C22H20F6N4O4. The van der Waals surface area contributed by atoms with Crippen LogP contribution in [-0.4, -0.2) is 60.2 Å². The van der Waals surface area contributed by atoms with Crippen molar-refractivity contribution in [2.75, 3.05) is 33.3 Å². The number of methoxy groups -OCH3 is 1. The first kappa shape index (κ1) is 26.8. The van der Waals surface area contributed by atoms with Crippen LogP contribution in [0, 0.1) is 4.91 Å². The number of nitroso groups, excluding NO2 is 1. The van der Waals surface area contributed by atoms with Crippen LogP contribution in [0.3, 0.4) is 0 Å². The molecule has 2 N–H and O–H groups in total. The summed E-state index contributed by atoms with van der Waals surface area (Å²) in [5, 5.41) is 10.3. The first-order valence-electron chi connectivity index (χ1n) is 10.4. The van der Waals surface area contributed by atoms with E-state index in [1.54, 1.807) is 19.2 Å². The summed E-state index contributed by atoms with van der Waals surface area (Å²) < 4.78 is 76.2. The zero-order valence-electron chi connectivity index (χ0n) is 18.7. The fourth-order valence-corrected chi connectivity index (χ4v) is 3.80. The average Bonchev–Trinajstić information content (AvgIpc) is 3.10. The second-order valence-electron chi connectivity index (χ2n) is 7.61. The lowest BCUT2D eigenvalue weighted by Crippen LogP contribution is -2.42. The number of carboxylic acids is 1. The molecular weight excluding hydrogens is 498 g/mol. The van der Waals surface area contributed by atoms with E-state index in [1.807, 2.05) is 12.1 Å². The van der Waals surface area contributed by atoms with Crippen molar-refractivity contribution in [3.63, 3.8) is 0 Å². The highest BCUT2D eigenvalue weighted by atomic mass is 19.4. The van der Waals surface area contributed by atoms with Gasteiger partial charge in [-0.05, 0) is 36.4 Å². The Hall–Kier alpha value is -3.81. The van der Waals surface area contributed by atoms with Gasteiger partial charge in [0.15, 0.2) is 4.87 Å². The van der Waals surface area contributed by atoms with Crippen LogP contribution in [0.25, 0.3) is 11.4 Å². The van der Waals surface area contributed by atoms with Crippen LogP contribution < -0.4 is 15.6 Å². The van der Waals surface area contributed by atoms with Gasteiger partial charge in [0.25, 0.3) is 0 Å². The maximum atomic E-state index is 13.1. The summed E-state index contributed by atoms with van der Waals surface area (Å²) >= 11 is 0. The van der Waals surface area contributed by atoms with Gasteiger partial charge in [0.2, 0.25) is 0 Å². The number of hydrogen-bond donors (Lipinski definition) is 1. The number of benzene rings is 2. The van der Waals surface area contributed by atoms with Gasteiger partial charge < -0.3 is 25.3 Å². The number of ether oxygens (including phenoxy) is 1. The minimum absolute atomic E-state index is 0.00423. The van der Waals surface area contributed by atoms with Crippen LogP contribution in [0.15, 0.2) is 42.5 Å². The van der Waals surface area contributed by atoms with Crippen LogP contribution in [0.1, 0.15) is 16.7 Å². The normalized spacial score (nSPS) is 15.3. The molecule has 0 aliphatic carbocycles. The van der Waals surface area contributed by atoms with Gasteiger partial charge in [-0.1, -0.05) is 5.01 Å². The van der Waals surface area contributed by atoms with E-state index in [-0.39, 0.29) is 5.69 Å². The molecule has 0 spiro atoms. The van der Waals surface area contributed by atoms with Gasteiger partial charge in [0, 0.05) is 31.3 Å². The van der Waals surface area contributed by atoms with Gasteiger partial charge in [-0.25, -0.2) is 0 Å². The molecule has 36 heavy (non-hydrogen) atoms. The number of carbonyl (C=O) groups is 1. The van der Waals surface area contributed by atoms with Crippen molar-refractivity contribution in [2.45, 2.75) is 12.4 Å². The van der Waals surface area contributed by atoms with E-state index in [1.165, 1.54) is 11.1 Å². The molecule has 8 nitrogen and oxygen atoms in total. The summed E-state index contributed by atoms with van der Waals surface area (Å²) in [5.74, 6) is -2.32. The van der Waals surface area contributed by atoms with E-state index >= 15 is 0 Å². The SMILES string of the molecule is COc1ccc(C2=C3c4ccc(C(F)(F)F)cc4[N+](=O)N3CCN2CCN)cc1.O=C([O-])C(F)(F)F. The number of hydrazine groups is 1. The first-order chi connectivity index (χ1) is 16.8. The van der Waals surface area contributed by atoms with E-state index in [2.05, 4.69) is 4.90 Å². The quantitative estimate of drug-likeness (QED) is 0.491. The molecule has 2 aromatic carbocycles. The maximum Gasteiger partial charge on any atom is 0.430 e. The third-order valence-electron chi connectivity index (χ3n) is 5.38. The highest BCUT2D eigenvalue weighted by molar-refractivity contribution is 5.93. The number of nitrogens with zero attached hydrogens (tertiary/aromatic N) is 3. The lowest BCUT2D eigenvalue weighted by molar-refractivity contribution is -0.612. The van der Waals surface area contributed by atoms with Gasteiger partial charge in [0.05, 0.1) is 28.8 Å². The number of halogens is 6. The second-order valence-corrected chi connectivity index (χ2v) is 7.61. The molecule has 0 saturated carbocycles. The smallest absolute Gasteiger partial charge is 0.430 e. The minimum Gasteiger partial charge on any atom is -0.542 e. The topological polar surface area (TPSA) is 102 Å². The summed E-state index contributed by atoms with van der Waals surface area (Å²) in [6.07, 6.45) is -9.71. The second kappa shape index (κ2) is 10.0. The Kier molecular flexibility index (Phi) is 7.48. The van der Waals surface area contributed by atoms with Gasteiger partial charge in [-0.3, -0.25) is 0 Å². The van der Waals surface area contributed by atoms with Crippen molar-refractivity contribution in [1.82, 2.24) is 9.91 Å². The number of carbonyl (C=O) groups excluding carboxylic acids is 1. The van der Waals surface area contributed by atoms with E-state index < -0.39 is 23.9 Å². The molecule has 0 atom stereocenters. The van der Waals surface area contributed by atoms with Crippen LogP contribution in [-0.2, 0) is 11.0 Å². The zero-order chi connectivity index (χ0) is 26.8. The molecule has 14 heteroatoms. The van der Waals surface area contributed by atoms with Crippen LogP contribution in [0.4, 0.5) is 32.0 Å². The maximum absolute atomic E-state index is 13.1. The number of carboxylic acid groups (broad SMARTS) is 1. The number of fused-ring (bicyclic) bond motifs is 3. The van der Waals surface area contributed by atoms with Gasteiger partial charge in [-0.2, -0.15) is 26.3 Å². The molecule has 194 valence electrons. The molecule has 0 fully saturated rings. The van der Waals surface area contributed by atoms with Crippen molar-refractivity contribution in [2.24, 2.45) is 5.73 Å². The van der Waals surface area contributed by atoms with E-state index in [0.717, 1.165) is 23.4 Å². The number of nitrogens with two attached hydrogens (primary N) is 1. The van der Waals surface area contributed by atoms with Gasteiger partial charge in [-0.15, -0.1) is 0 Å². The van der Waals surface area contributed by atoms with Crippen LogP contribution >= 0.6 is 0 Å². The van der Waals surface area contributed by atoms with E-state index in [9.17, 15) is 31.2 Å². The highest BCUT2D eigenvalue weighted by Crippen LogP contribution is 2.46. The fourth-order valence-electron chi connectivity index (χ4n) is 3.80. The number of rotatable bonds is 4. The van der Waals surface area contributed by atoms with Gasteiger partial charge >= 0.3 is 18.0 Å². The molecule has 2 heterocycles. The summed E-state index contributed by atoms with van der Waals surface area (Å²) in [6.45, 7) is 1.86. The Morgan fingerprint density at radius 1 is 1.06 bits per heavy atom. The average molecular weight is 518 g/mol.